The van der Waals surface area contributed by atoms with Crippen LogP contribution in [0.25, 0.3) is 0 Å². The fraction of sp³-hybridized carbons (Fsp3) is 0.650. The normalized spacial score (nSPS) is 20.7. The van der Waals surface area contributed by atoms with Crippen LogP contribution in [0.4, 0.5) is 0 Å². The molecule has 0 bridgehead atoms. The Balaban J connectivity index is 1.75. The minimum Gasteiger partial charge on any atom is -0.377 e. The van der Waals surface area contributed by atoms with Crippen molar-refractivity contribution in [3.05, 3.63) is 29.3 Å². The molecule has 0 saturated carbocycles. The molecule has 1 aromatic rings. The van der Waals surface area contributed by atoms with E-state index < -0.39 is 10.0 Å². The summed E-state index contributed by atoms with van der Waals surface area (Å²) in [5.74, 6) is 0.00845. The van der Waals surface area contributed by atoms with Crippen molar-refractivity contribution in [1.82, 2.24) is 14.5 Å². The molecule has 1 aromatic carbocycles. The second-order valence-electron chi connectivity index (χ2n) is 7.62. The Labute approximate surface area is 168 Å². The molecule has 3 rings (SSSR count). The molecule has 7 nitrogen and oxygen atoms in total. The number of sulfonamides is 1. The number of benzene rings is 1. The standard InChI is InChI=1S/C20H31N3O4S/c1-16-5-6-19(14-17(16)2)28(25,26)23(15-18-4-3-13-27-18)10-7-20(24)22-11-8-21-9-12-22/h5-6,14,18,21H,3-4,7-13,15H2,1-2H3/t18-/m0/s1. The van der Waals surface area contributed by atoms with Gasteiger partial charge >= 0.3 is 0 Å². The molecule has 0 radical (unpaired) electrons. The number of nitrogens with zero attached hydrogens (tertiary/aromatic N) is 2. The first-order valence-electron chi connectivity index (χ1n) is 10.1. The van der Waals surface area contributed by atoms with Crippen molar-refractivity contribution in [2.45, 2.75) is 44.1 Å². The molecule has 1 amide bonds. The number of amides is 1. The number of carbonyl (C=O) groups excluding carboxylic acids is 1. The van der Waals surface area contributed by atoms with E-state index >= 15 is 0 Å². The molecule has 0 aliphatic carbocycles. The first-order valence-corrected chi connectivity index (χ1v) is 11.5. The Morgan fingerprint density at radius 1 is 1.25 bits per heavy atom. The maximum Gasteiger partial charge on any atom is 0.243 e. The second kappa shape index (κ2) is 9.35. The van der Waals surface area contributed by atoms with Crippen molar-refractivity contribution in [2.75, 3.05) is 45.9 Å². The zero-order chi connectivity index (χ0) is 20.1. The van der Waals surface area contributed by atoms with Gasteiger partial charge in [-0.05, 0) is 49.9 Å². The number of ether oxygens (including phenoxy) is 1. The smallest absolute Gasteiger partial charge is 0.243 e. The zero-order valence-electron chi connectivity index (χ0n) is 16.8. The molecule has 2 heterocycles. The summed E-state index contributed by atoms with van der Waals surface area (Å²) in [6.45, 7) is 7.93. The summed E-state index contributed by atoms with van der Waals surface area (Å²) in [7, 11) is -3.68. The van der Waals surface area contributed by atoms with Gasteiger partial charge < -0.3 is 15.0 Å². The fourth-order valence-electron chi connectivity index (χ4n) is 3.64. The lowest BCUT2D eigenvalue weighted by molar-refractivity contribution is -0.131. The highest BCUT2D eigenvalue weighted by molar-refractivity contribution is 7.89. The predicted molar refractivity (Wildman–Crippen MR) is 108 cm³/mol. The third-order valence-corrected chi connectivity index (χ3v) is 7.45. The van der Waals surface area contributed by atoms with E-state index in [4.69, 9.17) is 4.74 Å². The maximum atomic E-state index is 13.3. The third-order valence-electron chi connectivity index (χ3n) is 5.59. The van der Waals surface area contributed by atoms with Crippen LogP contribution in [0.2, 0.25) is 0 Å². The van der Waals surface area contributed by atoms with Crippen LogP contribution >= 0.6 is 0 Å². The van der Waals surface area contributed by atoms with E-state index in [-0.39, 0.29) is 29.9 Å². The molecule has 1 atom stereocenters. The largest absolute Gasteiger partial charge is 0.377 e. The number of carbonyl (C=O) groups is 1. The van der Waals surface area contributed by atoms with Gasteiger partial charge in [-0.15, -0.1) is 0 Å². The number of rotatable bonds is 7. The minimum atomic E-state index is -3.68. The van der Waals surface area contributed by atoms with E-state index in [1.165, 1.54) is 4.31 Å². The summed E-state index contributed by atoms with van der Waals surface area (Å²) in [5.41, 5.74) is 1.99. The van der Waals surface area contributed by atoms with Crippen LogP contribution < -0.4 is 5.32 Å². The molecule has 2 aliphatic rings. The van der Waals surface area contributed by atoms with Crippen molar-refractivity contribution >= 4 is 15.9 Å². The Hall–Kier alpha value is -1.48. The van der Waals surface area contributed by atoms with Crippen LogP contribution in [0, 0.1) is 13.8 Å². The van der Waals surface area contributed by atoms with Crippen molar-refractivity contribution < 1.29 is 17.9 Å². The van der Waals surface area contributed by atoms with Crippen LogP contribution in [0.1, 0.15) is 30.4 Å². The highest BCUT2D eigenvalue weighted by atomic mass is 32.2. The van der Waals surface area contributed by atoms with Gasteiger partial charge in [0.15, 0.2) is 0 Å². The topological polar surface area (TPSA) is 79.0 Å². The second-order valence-corrected chi connectivity index (χ2v) is 9.56. The molecule has 0 spiro atoms. The maximum absolute atomic E-state index is 13.3. The van der Waals surface area contributed by atoms with Crippen LogP contribution in [0.3, 0.4) is 0 Å². The predicted octanol–water partition coefficient (Wildman–Crippen LogP) is 1.30. The fourth-order valence-corrected chi connectivity index (χ4v) is 5.20. The Bertz CT molecular complexity index is 785. The van der Waals surface area contributed by atoms with Gasteiger partial charge in [0.2, 0.25) is 15.9 Å². The highest BCUT2D eigenvalue weighted by Gasteiger charge is 2.30. The number of piperazine rings is 1. The van der Waals surface area contributed by atoms with Crippen LogP contribution in [0.15, 0.2) is 23.1 Å². The average molecular weight is 410 g/mol. The van der Waals surface area contributed by atoms with Gasteiger partial charge in [-0.3, -0.25) is 4.79 Å². The van der Waals surface area contributed by atoms with Gasteiger partial charge in [-0.25, -0.2) is 8.42 Å². The van der Waals surface area contributed by atoms with Gasteiger partial charge in [0.25, 0.3) is 0 Å². The summed E-state index contributed by atoms with van der Waals surface area (Å²) >= 11 is 0. The Morgan fingerprint density at radius 3 is 2.64 bits per heavy atom. The first kappa shape index (κ1) is 21.2. The molecule has 8 heteroatoms. The summed E-state index contributed by atoms with van der Waals surface area (Å²) in [6.07, 6.45) is 1.89. The molecule has 1 N–H and O–H groups in total. The van der Waals surface area contributed by atoms with E-state index in [1.54, 1.807) is 12.1 Å². The summed E-state index contributed by atoms with van der Waals surface area (Å²) in [5, 5.41) is 3.22. The van der Waals surface area contributed by atoms with E-state index in [2.05, 4.69) is 5.32 Å². The van der Waals surface area contributed by atoms with Crippen molar-refractivity contribution in [1.29, 1.82) is 0 Å². The summed E-state index contributed by atoms with van der Waals surface area (Å²) in [6, 6.07) is 5.20. The molecule has 156 valence electrons. The molecular formula is C20H31N3O4S. The Morgan fingerprint density at radius 2 is 2.00 bits per heavy atom. The monoisotopic (exact) mass is 409 g/mol. The quantitative estimate of drug-likeness (QED) is 0.734. The van der Waals surface area contributed by atoms with E-state index in [9.17, 15) is 13.2 Å². The molecule has 2 aliphatic heterocycles. The lowest BCUT2D eigenvalue weighted by Gasteiger charge is -2.29. The van der Waals surface area contributed by atoms with Crippen LogP contribution in [0.5, 0.6) is 0 Å². The lowest BCUT2D eigenvalue weighted by atomic mass is 10.1. The average Bonchev–Trinajstić information content (AvgIpc) is 3.20. The molecule has 0 unspecified atom stereocenters. The van der Waals surface area contributed by atoms with Gasteiger partial charge in [0.05, 0.1) is 11.0 Å². The molecule has 2 saturated heterocycles. The van der Waals surface area contributed by atoms with Gasteiger partial charge in [-0.1, -0.05) is 6.07 Å². The summed E-state index contributed by atoms with van der Waals surface area (Å²) < 4.78 is 33.7. The molecule has 28 heavy (non-hydrogen) atoms. The summed E-state index contributed by atoms with van der Waals surface area (Å²) in [4.78, 5) is 14.6. The number of hydrogen-bond acceptors (Lipinski definition) is 5. The Kier molecular flexibility index (Phi) is 7.09. The molecule has 2 fully saturated rings. The van der Waals surface area contributed by atoms with Crippen LogP contribution in [-0.4, -0.2) is 75.5 Å². The SMILES string of the molecule is Cc1ccc(S(=O)(=O)N(CCC(=O)N2CCNCC2)C[C@@H]2CCCO2)cc1C. The van der Waals surface area contributed by atoms with E-state index in [1.807, 2.05) is 24.8 Å². The van der Waals surface area contributed by atoms with Gasteiger partial charge in [0.1, 0.15) is 0 Å². The number of hydrogen-bond donors (Lipinski definition) is 1. The van der Waals surface area contributed by atoms with E-state index in [0.717, 1.165) is 37.1 Å². The number of aryl methyl sites for hydroxylation is 2. The third kappa shape index (κ3) is 5.11. The first-order chi connectivity index (χ1) is 13.4. The lowest BCUT2D eigenvalue weighted by Crippen LogP contribution is -2.47. The van der Waals surface area contributed by atoms with Crippen molar-refractivity contribution in [3.63, 3.8) is 0 Å². The minimum absolute atomic E-state index is 0.00845. The van der Waals surface area contributed by atoms with E-state index in [0.29, 0.717) is 26.2 Å². The van der Waals surface area contributed by atoms with Crippen molar-refractivity contribution in [3.8, 4) is 0 Å². The number of nitrogens with one attached hydrogen (secondary N) is 1. The zero-order valence-corrected chi connectivity index (χ0v) is 17.6. The van der Waals surface area contributed by atoms with Gasteiger partial charge in [0, 0.05) is 52.3 Å². The van der Waals surface area contributed by atoms with Crippen LogP contribution in [-0.2, 0) is 19.6 Å². The molecule has 0 aromatic heterocycles. The molecular weight excluding hydrogens is 378 g/mol. The van der Waals surface area contributed by atoms with Crippen molar-refractivity contribution in [2.24, 2.45) is 0 Å². The van der Waals surface area contributed by atoms with Gasteiger partial charge in [-0.2, -0.15) is 4.31 Å². The highest BCUT2D eigenvalue weighted by Crippen LogP contribution is 2.22.